The lowest BCUT2D eigenvalue weighted by Gasteiger charge is -2.17. The molecule has 2 aromatic rings. The Hall–Kier alpha value is -2.16. The zero-order valence-electron chi connectivity index (χ0n) is 13.0. The van der Waals surface area contributed by atoms with Crippen LogP contribution in [0.4, 0.5) is 5.69 Å². The molecule has 1 aliphatic rings. The van der Waals surface area contributed by atoms with Gasteiger partial charge in [-0.05, 0) is 55.2 Å². The first-order valence-corrected chi connectivity index (χ1v) is 7.21. The molecule has 3 nitrogen and oxygen atoms in total. The third-order valence-electron chi connectivity index (χ3n) is 4.29. The first kappa shape index (κ1) is 13.8. The molecule has 0 saturated carbocycles. The molecule has 1 unspecified atom stereocenters. The average molecular weight is 283 g/mol. The predicted molar refractivity (Wildman–Crippen MR) is 85.5 cm³/mol. The van der Waals surface area contributed by atoms with Gasteiger partial charge in [0.25, 0.3) is 0 Å². The van der Waals surface area contributed by atoms with E-state index in [1.54, 1.807) is 14.2 Å². The Balaban J connectivity index is 2.01. The number of ether oxygens (including phenoxy) is 2. The van der Waals surface area contributed by atoms with Crippen LogP contribution in [0, 0.1) is 13.8 Å². The summed E-state index contributed by atoms with van der Waals surface area (Å²) >= 11 is 0. The van der Waals surface area contributed by atoms with Crippen LogP contribution in [0.1, 0.15) is 28.3 Å². The Bertz CT molecular complexity index is 648. The lowest BCUT2D eigenvalue weighted by Crippen LogP contribution is -2.08. The van der Waals surface area contributed by atoms with Gasteiger partial charge in [-0.25, -0.2) is 0 Å². The summed E-state index contributed by atoms with van der Waals surface area (Å²) in [6, 6.07) is 10.6. The van der Waals surface area contributed by atoms with Crippen LogP contribution in [-0.4, -0.2) is 14.2 Å². The van der Waals surface area contributed by atoms with E-state index in [4.69, 9.17) is 9.47 Å². The Labute approximate surface area is 125 Å². The van der Waals surface area contributed by atoms with Gasteiger partial charge in [0.05, 0.1) is 20.3 Å². The molecule has 2 aromatic carbocycles. The predicted octanol–water partition coefficient (Wildman–Crippen LogP) is 4.03. The third-order valence-corrected chi connectivity index (χ3v) is 4.29. The molecule has 1 heterocycles. The molecule has 0 saturated heterocycles. The second-order valence-electron chi connectivity index (χ2n) is 5.56. The summed E-state index contributed by atoms with van der Waals surface area (Å²) < 4.78 is 10.9. The van der Waals surface area contributed by atoms with Gasteiger partial charge in [-0.2, -0.15) is 0 Å². The Morgan fingerprint density at radius 2 is 1.76 bits per heavy atom. The van der Waals surface area contributed by atoms with Crippen molar-refractivity contribution in [1.82, 2.24) is 0 Å². The molecule has 1 atom stereocenters. The average Bonchev–Trinajstić information content (AvgIpc) is 2.96. The van der Waals surface area contributed by atoms with Crippen molar-refractivity contribution in [3.8, 4) is 11.5 Å². The van der Waals surface area contributed by atoms with Crippen molar-refractivity contribution in [2.45, 2.75) is 26.3 Å². The number of hydrogen-bond donors (Lipinski definition) is 1. The molecule has 1 aliphatic heterocycles. The van der Waals surface area contributed by atoms with E-state index in [0.717, 1.165) is 23.5 Å². The van der Waals surface area contributed by atoms with Gasteiger partial charge >= 0.3 is 0 Å². The fourth-order valence-corrected chi connectivity index (χ4v) is 3.06. The highest BCUT2D eigenvalue weighted by Crippen LogP contribution is 2.41. The summed E-state index contributed by atoms with van der Waals surface area (Å²) in [4.78, 5) is 0. The van der Waals surface area contributed by atoms with E-state index < -0.39 is 0 Å². The number of benzene rings is 2. The fraction of sp³-hybridized carbons (Fsp3) is 0.333. The maximum absolute atomic E-state index is 5.52. The summed E-state index contributed by atoms with van der Waals surface area (Å²) in [7, 11) is 3.40. The number of aryl methyl sites for hydroxylation is 2. The minimum absolute atomic E-state index is 0.227. The van der Waals surface area contributed by atoms with Gasteiger partial charge < -0.3 is 14.8 Å². The molecule has 21 heavy (non-hydrogen) atoms. The number of anilines is 1. The highest BCUT2D eigenvalue weighted by molar-refractivity contribution is 5.66. The fourth-order valence-electron chi connectivity index (χ4n) is 3.06. The van der Waals surface area contributed by atoms with Crippen molar-refractivity contribution in [2.24, 2.45) is 0 Å². The molecule has 3 heteroatoms. The Morgan fingerprint density at radius 1 is 1.00 bits per heavy atom. The quantitative estimate of drug-likeness (QED) is 0.922. The SMILES string of the molecule is COc1ccc(OC)c(C2Cc3c(C)ccc(C)c3N2)c1. The summed E-state index contributed by atoms with van der Waals surface area (Å²) in [6.45, 7) is 4.32. The van der Waals surface area contributed by atoms with Crippen LogP contribution in [0.15, 0.2) is 30.3 Å². The molecule has 0 bridgehead atoms. The van der Waals surface area contributed by atoms with E-state index in [1.165, 1.54) is 22.4 Å². The highest BCUT2D eigenvalue weighted by atomic mass is 16.5. The van der Waals surface area contributed by atoms with Crippen LogP contribution in [0.25, 0.3) is 0 Å². The highest BCUT2D eigenvalue weighted by Gasteiger charge is 2.27. The molecule has 0 amide bonds. The molecule has 0 fully saturated rings. The smallest absolute Gasteiger partial charge is 0.124 e. The summed E-state index contributed by atoms with van der Waals surface area (Å²) in [5.41, 5.74) is 6.45. The lowest BCUT2D eigenvalue weighted by molar-refractivity contribution is 0.396. The van der Waals surface area contributed by atoms with Gasteiger partial charge in [-0.15, -0.1) is 0 Å². The number of hydrogen-bond acceptors (Lipinski definition) is 3. The van der Waals surface area contributed by atoms with Crippen molar-refractivity contribution in [3.05, 3.63) is 52.6 Å². The van der Waals surface area contributed by atoms with Gasteiger partial charge in [0.2, 0.25) is 0 Å². The van der Waals surface area contributed by atoms with Gasteiger partial charge in [0, 0.05) is 11.3 Å². The van der Waals surface area contributed by atoms with Crippen molar-refractivity contribution in [1.29, 1.82) is 0 Å². The second kappa shape index (κ2) is 5.32. The largest absolute Gasteiger partial charge is 0.497 e. The molecule has 0 radical (unpaired) electrons. The Kier molecular flexibility index (Phi) is 3.50. The first-order chi connectivity index (χ1) is 10.1. The zero-order chi connectivity index (χ0) is 15.0. The van der Waals surface area contributed by atoms with E-state index in [0.29, 0.717) is 0 Å². The minimum atomic E-state index is 0.227. The molecular formula is C18H21NO2. The van der Waals surface area contributed by atoms with Crippen molar-refractivity contribution in [3.63, 3.8) is 0 Å². The van der Waals surface area contributed by atoms with Gasteiger partial charge in [-0.1, -0.05) is 12.1 Å². The molecular weight excluding hydrogens is 262 g/mol. The van der Waals surface area contributed by atoms with Crippen LogP contribution in [-0.2, 0) is 6.42 Å². The van der Waals surface area contributed by atoms with Gasteiger partial charge in [-0.3, -0.25) is 0 Å². The molecule has 1 N–H and O–H groups in total. The van der Waals surface area contributed by atoms with E-state index >= 15 is 0 Å². The topological polar surface area (TPSA) is 30.5 Å². The lowest BCUT2D eigenvalue weighted by atomic mass is 9.98. The molecule has 0 spiro atoms. The number of rotatable bonds is 3. The standard InChI is InChI=1S/C18H21NO2/c1-11-5-6-12(2)18-14(11)10-16(19-18)15-9-13(20-3)7-8-17(15)21-4/h5-9,16,19H,10H2,1-4H3. The monoisotopic (exact) mass is 283 g/mol. The van der Waals surface area contributed by atoms with Gasteiger partial charge in [0.1, 0.15) is 11.5 Å². The summed E-state index contributed by atoms with van der Waals surface area (Å²) in [6.07, 6.45) is 0.979. The van der Waals surface area contributed by atoms with Crippen LogP contribution in [0.5, 0.6) is 11.5 Å². The van der Waals surface area contributed by atoms with Crippen LogP contribution in [0.2, 0.25) is 0 Å². The van der Waals surface area contributed by atoms with E-state index in [-0.39, 0.29) is 6.04 Å². The van der Waals surface area contributed by atoms with Crippen molar-refractivity contribution < 1.29 is 9.47 Å². The molecule has 0 aliphatic carbocycles. The van der Waals surface area contributed by atoms with Crippen molar-refractivity contribution >= 4 is 5.69 Å². The van der Waals surface area contributed by atoms with Gasteiger partial charge in [0.15, 0.2) is 0 Å². The molecule has 110 valence electrons. The van der Waals surface area contributed by atoms with E-state index in [2.05, 4.69) is 37.4 Å². The minimum Gasteiger partial charge on any atom is -0.497 e. The second-order valence-corrected chi connectivity index (χ2v) is 5.56. The maximum Gasteiger partial charge on any atom is 0.124 e. The molecule has 0 aromatic heterocycles. The maximum atomic E-state index is 5.52. The summed E-state index contributed by atoms with van der Waals surface area (Å²) in [5, 5.41) is 3.65. The third kappa shape index (κ3) is 2.33. The molecule has 3 rings (SSSR count). The number of methoxy groups -OCH3 is 2. The normalized spacial score (nSPS) is 16.3. The van der Waals surface area contributed by atoms with E-state index in [1.807, 2.05) is 12.1 Å². The zero-order valence-corrected chi connectivity index (χ0v) is 13.0. The number of nitrogens with one attached hydrogen (secondary N) is 1. The van der Waals surface area contributed by atoms with E-state index in [9.17, 15) is 0 Å². The summed E-state index contributed by atoms with van der Waals surface area (Å²) in [5.74, 6) is 1.76. The van der Waals surface area contributed by atoms with Crippen molar-refractivity contribution in [2.75, 3.05) is 19.5 Å². The Morgan fingerprint density at radius 3 is 2.43 bits per heavy atom. The number of fused-ring (bicyclic) bond motifs is 1. The first-order valence-electron chi connectivity index (χ1n) is 7.21. The van der Waals surface area contributed by atoms with Crippen LogP contribution in [0.3, 0.4) is 0 Å². The van der Waals surface area contributed by atoms with Crippen LogP contribution < -0.4 is 14.8 Å². The van der Waals surface area contributed by atoms with Crippen LogP contribution >= 0.6 is 0 Å².